The third-order valence-corrected chi connectivity index (χ3v) is 3.79. The Kier molecular flexibility index (Phi) is 3.44. The molecule has 2 aromatic rings. The number of thiazole rings is 1. The molecule has 17 heavy (non-hydrogen) atoms. The molecule has 0 saturated carbocycles. The van der Waals surface area contributed by atoms with E-state index in [9.17, 15) is 4.79 Å². The summed E-state index contributed by atoms with van der Waals surface area (Å²) in [6, 6.07) is 0.147. The first-order valence-corrected chi connectivity index (χ1v) is 6.81. The normalized spacial score (nSPS) is 11.1. The molecule has 4 nitrogen and oxygen atoms in total. The van der Waals surface area contributed by atoms with Gasteiger partial charge in [0, 0.05) is 12.2 Å². The van der Waals surface area contributed by atoms with E-state index in [1.807, 2.05) is 20.8 Å². The van der Waals surface area contributed by atoms with Crippen molar-refractivity contribution in [3.05, 3.63) is 32.4 Å². The van der Waals surface area contributed by atoms with E-state index in [1.54, 1.807) is 17.1 Å². The predicted molar refractivity (Wildman–Crippen MR) is 70.6 cm³/mol. The van der Waals surface area contributed by atoms with E-state index in [0.717, 1.165) is 9.48 Å². The molecule has 0 spiro atoms. The van der Waals surface area contributed by atoms with Gasteiger partial charge in [-0.3, -0.25) is 9.48 Å². The Labute approximate surface area is 112 Å². The van der Waals surface area contributed by atoms with Gasteiger partial charge in [0.05, 0.1) is 20.6 Å². The first-order chi connectivity index (χ1) is 8.00. The van der Waals surface area contributed by atoms with E-state index in [1.165, 1.54) is 11.3 Å². The van der Waals surface area contributed by atoms with Crippen LogP contribution in [0.5, 0.6) is 0 Å². The highest BCUT2D eigenvalue weighted by molar-refractivity contribution is 9.10. The molecule has 6 heteroatoms. The molecule has 0 bridgehead atoms. The van der Waals surface area contributed by atoms with Crippen LogP contribution in [0.2, 0.25) is 0 Å². The maximum Gasteiger partial charge on any atom is 0.223 e. The second-order valence-corrected chi connectivity index (χ2v) is 6.04. The summed E-state index contributed by atoms with van der Waals surface area (Å²) in [7, 11) is 0. The zero-order valence-corrected chi connectivity index (χ0v) is 12.2. The fraction of sp³-hybridized carbons (Fsp3) is 0.364. The fourth-order valence-corrected chi connectivity index (χ4v) is 2.70. The number of carbonyl (C=O) groups excluding carboxylic acids is 1. The summed E-state index contributed by atoms with van der Waals surface area (Å²) in [5.41, 5.74) is 0.587. The number of rotatable bonds is 3. The minimum atomic E-state index is -0.0336. The quantitative estimate of drug-likeness (QED) is 0.817. The molecule has 2 aromatic heterocycles. The molecule has 2 heterocycles. The molecular formula is C11H12BrN3OS. The van der Waals surface area contributed by atoms with Crippen LogP contribution in [0.1, 0.15) is 40.3 Å². The molecule has 0 saturated heterocycles. The molecule has 0 aliphatic rings. The van der Waals surface area contributed by atoms with Crippen molar-refractivity contribution in [3.63, 3.8) is 0 Å². The first-order valence-electron chi connectivity index (χ1n) is 5.21. The zero-order valence-electron chi connectivity index (χ0n) is 9.77. The second-order valence-electron chi connectivity index (χ2n) is 3.95. The summed E-state index contributed by atoms with van der Waals surface area (Å²) in [4.78, 5) is 17.1. The lowest BCUT2D eigenvalue weighted by molar-refractivity contribution is 0.103. The topological polar surface area (TPSA) is 47.8 Å². The van der Waals surface area contributed by atoms with Crippen molar-refractivity contribution in [1.82, 2.24) is 14.8 Å². The lowest BCUT2D eigenvalue weighted by Gasteiger charge is -2.09. The number of hydrogen-bond donors (Lipinski definition) is 0. The molecule has 0 fully saturated rings. The summed E-state index contributed by atoms with van der Waals surface area (Å²) in [6.45, 7) is 5.87. The van der Waals surface area contributed by atoms with Crippen molar-refractivity contribution in [2.75, 3.05) is 0 Å². The second kappa shape index (κ2) is 4.70. The molecular weight excluding hydrogens is 302 g/mol. The van der Waals surface area contributed by atoms with Crippen LogP contribution in [-0.2, 0) is 0 Å². The summed E-state index contributed by atoms with van der Waals surface area (Å²) in [6.07, 6.45) is 3.27. The van der Waals surface area contributed by atoms with Crippen molar-refractivity contribution in [2.24, 2.45) is 0 Å². The van der Waals surface area contributed by atoms with Crippen LogP contribution < -0.4 is 0 Å². The van der Waals surface area contributed by atoms with Crippen LogP contribution in [0.3, 0.4) is 0 Å². The molecule has 0 aliphatic heterocycles. The van der Waals surface area contributed by atoms with Crippen molar-refractivity contribution in [2.45, 2.75) is 26.8 Å². The number of aryl methyl sites for hydroxylation is 1. The maximum atomic E-state index is 12.3. The van der Waals surface area contributed by atoms with Crippen LogP contribution >= 0.6 is 27.3 Å². The van der Waals surface area contributed by atoms with Crippen LogP contribution in [0.4, 0.5) is 0 Å². The average Bonchev–Trinajstić information content (AvgIpc) is 2.83. The van der Waals surface area contributed by atoms with Gasteiger partial charge in [0.25, 0.3) is 0 Å². The Morgan fingerprint density at radius 3 is 2.71 bits per heavy atom. The minimum absolute atomic E-state index is 0.0336. The van der Waals surface area contributed by atoms with Gasteiger partial charge >= 0.3 is 0 Å². The lowest BCUT2D eigenvalue weighted by atomic mass is 10.2. The molecule has 0 radical (unpaired) electrons. The molecule has 90 valence electrons. The van der Waals surface area contributed by atoms with Gasteiger partial charge < -0.3 is 0 Å². The molecule has 0 atom stereocenters. The van der Waals surface area contributed by atoms with Gasteiger partial charge in [0.15, 0.2) is 0 Å². The van der Waals surface area contributed by atoms with E-state index >= 15 is 0 Å². The number of nitrogens with zero attached hydrogens (tertiary/aromatic N) is 3. The number of aromatic nitrogens is 3. The standard InChI is InChI=1S/C11H12BrN3OS/c1-6(2)15-10(8(12)4-14-15)11(16)9-5-13-7(3)17-9/h4-6H,1-3H3. The Hall–Kier alpha value is -1.01. The highest BCUT2D eigenvalue weighted by Crippen LogP contribution is 2.24. The Morgan fingerprint density at radius 2 is 2.18 bits per heavy atom. The smallest absolute Gasteiger partial charge is 0.223 e. The number of carbonyl (C=O) groups is 1. The van der Waals surface area contributed by atoms with Crippen molar-refractivity contribution < 1.29 is 4.79 Å². The van der Waals surface area contributed by atoms with Crippen molar-refractivity contribution >= 4 is 33.0 Å². The van der Waals surface area contributed by atoms with E-state index in [0.29, 0.717) is 10.6 Å². The third kappa shape index (κ3) is 2.32. The molecule has 0 amide bonds. The number of halogens is 1. The SMILES string of the molecule is Cc1ncc(C(=O)c2c(Br)cnn2C(C)C)s1. The van der Waals surface area contributed by atoms with E-state index < -0.39 is 0 Å². The van der Waals surface area contributed by atoms with Crippen LogP contribution in [-0.4, -0.2) is 20.5 Å². The van der Waals surface area contributed by atoms with Gasteiger partial charge in [-0.1, -0.05) is 0 Å². The third-order valence-electron chi connectivity index (χ3n) is 2.30. The van der Waals surface area contributed by atoms with Gasteiger partial charge in [-0.15, -0.1) is 11.3 Å². The Balaban J connectivity index is 2.47. The van der Waals surface area contributed by atoms with Gasteiger partial charge in [-0.25, -0.2) is 4.98 Å². The fourth-order valence-electron chi connectivity index (χ4n) is 1.53. The summed E-state index contributed by atoms with van der Waals surface area (Å²) in [5.74, 6) is -0.0336. The van der Waals surface area contributed by atoms with E-state index in [4.69, 9.17) is 0 Å². The first kappa shape index (κ1) is 12.4. The maximum absolute atomic E-state index is 12.3. The number of hydrogen-bond acceptors (Lipinski definition) is 4. The highest BCUT2D eigenvalue weighted by Gasteiger charge is 2.21. The molecule has 0 unspecified atom stereocenters. The molecule has 0 aromatic carbocycles. The number of ketones is 1. The summed E-state index contributed by atoms with van der Waals surface area (Å²) in [5, 5.41) is 5.09. The Morgan fingerprint density at radius 1 is 1.47 bits per heavy atom. The lowest BCUT2D eigenvalue weighted by Crippen LogP contribution is -2.13. The van der Waals surface area contributed by atoms with Gasteiger partial charge in [-0.05, 0) is 36.7 Å². The summed E-state index contributed by atoms with van der Waals surface area (Å²) >= 11 is 4.77. The summed E-state index contributed by atoms with van der Waals surface area (Å²) < 4.78 is 2.45. The van der Waals surface area contributed by atoms with Gasteiger partial charge in [0.2, 0.25) is 5.78 Å². The highest BCUT2D eigenvalue weighted by atomic mass is 79.9. The van der Waals surface area contributed by atoms with Crippen LogP contribution in [0.15, 0.2) is 16.9 Å². The zero-order chi connectivity index (χ0) is 12.6. The predicted octanol–water partition coefficient (Wildman–Crippen LogP) is 3.22. The van der Waals surface area contributed by atoms with Crippen molar-refractivity contribution in [1.29, 1.82) is 0 Å². The monoisotopic (exact) mass is 313 g/mol. The van der Waals surface area contributed by atoms with Gasteiger partial charge in [0.1, 0.15) is 5.69 Å². The Bertz CT molecular complexity index is 559. The molecule has 0 N–H and O–H groups in total. The van der Waals surface area contributed by atoms with E-state index in [2.05, 4.69) is 26.0 Å². The van der Waals surface area contributed by atoms with Gasteiger partial charge in [-0.2, -0.15) is 5.10 Å². The van der Waals surface area contributed by atoms with Crippen LogP contribution in [0.25, 0.3) is 0 Å². The molecule has 2 rings (SSSR count). The molecule has 0 aliphatic carbocycles. The largest absolute Gasteiger partial charge is 0.286 e. The van der Waals surface area contributed by atoms with Crippen LogP contribution in [0, 0.1) is 6.92 Å². The minimum Gasteiger partial charge on any atom is -0.286 e. The average molecular weight is 314 g/mol. The van der Waals surface area contributed by atoms with Crippen molar-refractivity contribution in [3.8, 4) is 0 Å². The van der Waals surface area contributed by atoms with E-state index in [-0.39, 0.29) is 11.8 Å².